The van der Waals surface area contributed by atoms with Gasteiger partial charge in [0.05, 0.1) is 21.3 Å². The molecule has 0 radical (unpaired) electrons. The lowest BCUT2D eigenvalue weighted by Crippen LogP contribution is -2.52. The summed E-state index contributed by atoms with van der Waals surface area (Å²) in [4.78, 5) is 12.3. The Balaban J connectivity index is 2.91. The third kappa shape index (κ3) is 6.44. The van der Waals surface area contributed by atoms with E-state index in [-0.39, 0.29) is 11.4 Å². The van der Waals surface area contributed by atoms with Crippen LogP contribution >= 0.6 is 12.2 Å². The van der Waals surface area contributed by atoms with Gasteiger partial charge in [-0.05, 0) is 52.1 Å². The van der Waals surface area contributed by atoms with Gasteiger partial charge >= 0.3 is 0 Å². The highest BCUT2D eigenvalue weighted by molar-refractivity contribution is 7.80. The molecule has 0 atom stereocenters. The highest BCUT2D eigenvalue weighted by Gasteiger charge is 2.14. The number of ether oxygens (including phenoxy) is 3. The van der Waals surface area contributed by atoms with Gasteiger partial charge < -0.3 is 19.5 Å². The number of amides is 1. The third-order valence-electron chi connectivity index (χ3n) is 3.24. The van der Waals surface area contributed by atoms with E-state index in [0.29, 0.717) is 33.5 Å². The highest BCUT2D eigenvalue weighted by atomic mass is 32.1. The highest BCUT2D eigenvalue weighted by Crippen LogP contribution is 2.35. The van der Waals surface area contributed by atoms with E-state index in [1.165, 1.54) is 0 Å². The van der Waals surface area contributed by atoms with E-state index >= 15 is 0 Å². The number of benzene rings is 1. The lowest BCUT2D eigenvalue weighted by molar-refractivity contribution is -0.117. The van der Waals surface area contributed by atoms with Crippen molar-refractivity contribution in [1.29, 1.82) is 0 Å². The third-order valence-corrected chi connectivity index (χ3v) is 3.45. The van der Waals surface area contributed by atoms with Gasteiger partial charge in [-0.25, -0.2) is 0 Å². The molecule has 0 aliphatic carbocycles. The molecule has 1 aromatic rings. The van der Waals surface area contributed by atoms with Crippen LogP contribution in [0.25, 0.3) is 6.08 Å². The lowest BCUT2D eigenvalue weighted by Gasteiger charge is -2.23. The Bertz CT molecular complexity index is 696. The molecule has 0 heterocycles. The largest absolute Gasteiger partial charge is 0.496 e. The topological polar surface area (TPSA) is 80.9 Å². The molecule has 26 heavy (non-hydrogen) atoms. The second kappa shape index (κ2) is 9.28. The maximum Gasteiger partial charge on any atom is 0.265 e. The Labute approximate surface area is 160 Å². The van der Waals surface area contributed by atoms with Gasteiger partial charge in [0.2, 0.25) is 0 Å². The minimum atomic E-state index is -0.320. The van der Waals surface area contributed by atoms with Crippen LogP contribution in [0.3, 0.4) is 0 Å². The number of hydrazine groups is 1. The van der Waals surface area contributed by atoms with Crippen LogP contribution in [-0.2, 0) is 4.79 Å². The minimum absolute atomic E-state index is 0.202. The van der Waals surface area contributed by atoms with Gasteiger partial charge in [-0.2, -0.15) is 0 Å². The summed E-state index contributed by atoms with van der Waals surface area (Å²) >= 11 is 5.13. The van der Waals surface area contributed by atoms with Gasteiger partial charge in [0.1, 0.15) is 5.75 Å². The van der Waals surface area contributed by atoms with Gasteiger partial charge in [-0.1, -0.05) is 0 Å². The van der Waals surface area contributed by atoms with E-state index in [9.17, 15) is 4.79 Å². The molecule has 0 saturated heterocycles. The minimum Gasteiger partial charge on any atom is -0.496 e. The first-order valence-corrected chi connectivity index (χ1v) is 8.39. The predicted molar refractivity (Wildman–Crippen MR) is 107 cm³/mol. The Morgan fingerprint density at radius 3 is 2.04 bits per heavy atom. The van der Waals surface area contributed by atoms with Gasteiger partial charge in [-0.3, -0.25) is 15.6 Å². The van der Waals surface area contributed by atoms with Crippen molar-refractivity contribution in [2.45, 2.75) is 33.2 Å². The van der Waals surface area contributed by atoms with Gasteiger partial charge in [0.25, 0.3) is 5.91 Å². The molecule has 0 bridgehead atoms. The standard InChI is InChI=1S/C18H27N3O4S/c1-11(16(22)20-21-17(26)19-18(2,3)4)8-12-9-14(24-6)15(25-7)10-13(12)23-5/h8-10H,1-7H3,(H,20,22)(H2,19,21,26). The molecule has 0 unspecified atom stereocenters. The number of hydrogen-bond acceptors (Lipinski definition) is 5. The molecule has 8 heteroatoms. The van der Waals surface area contributed by atoms with Gasteiger partial charge in [0, 0.05) is 22.7 Å². The van der Waals surface area contributed by atoms with E-state index in [1.54, 1.807) is 46.5 Å². The molecule has 1 aromatic carbocycles. The van der Waals surface area contributed by atoms with Gasteiger partial charge in [-0.15, -0.1) is 0 Å². The molecule has 0 spiro atoms. The van der Waals surface area contributed by atoms with Crippen molar-refractivity contribution in [1.82, 2.24) is 16.2 Å². The monoisotopic (exact) mass is 381 g/mol. The van der Waals surface area contributed by atoms with E-state index in [0.717, 1.165) is 0 Å². The number of carbonyl (C=O) groups is 1. The van der Waals surface area contributed by atoms with Crippen LogP contribution in [0.5, 0.6) is 17.2 Å². The van der Waals surface area contributed by atoms with Crippen molar-refractivity contribution in [3.8, 4) is 17.2 Å². The fourth-order valence-electron chi connectivity index (χ4n) is 2.05. The SMILES string of the molecule is COc1cc(OC)c(OC)cc1C=C(C)C(=O)NNC(=S)NC(C)(C)C. The van der Waals surface area contributed by atoms with Crippen molar-refractivity contribution in [3.05, 3.63) is 23.3 Å². The summed E-state index contributed by atoms with van der Waals surface area (Å²) in [5, 5.41) is 3.38. The average Bonchev–Trinajstić information content (AvgIpc) is 2.57. The van der Waals surface area contributed by atoms with Crippen LogP contribution in [0.4, 0.5) is 0 Å². The molecular formula is C18H27N3O4S. The molecule has 0 fully saturated rings. The van der Waals surface area contributed by atoms with Crippen molar-refractivity contribution >= 4 is 29.3 Å². The fourth-order valence-corrected chi connectivity index (χ4v) is 2.41. The Morgan fingerprint density at radius 2 is 1.54 bits per heavy atom. The molecule has 144 valence electrons. The second-order valence-corrected chi connectivity index (χ2v) is 6.97. The first-order valence-electron chi connectivity index (χ1n) is 7.98. The lowest BCUT2D eigenvalue weighted by atomic mass is 10.1. The van der Waals surface area contributed by atoms with Crippen LogP contribution in [-0.4, -0.2) is 37.9 Å². The summed E-state index contributed by atoms with van der Waals surface area (Å²) in [5.41, 5.74) is 6.18. The molecule has 0 aliphatic rings. The molecule has 7 nitrogen and oxygen atoms in total. The fraction of sp³-hybridized carbons (Fsp3) is 0.444. The van der Waals surface area contributed by atoms with Crippen molar-refractivity contribution in [2.75, 3.05) is 21.3 Å². The van der Waals surface area contributed by atoms with Crippen molar-refractivity contribution in [2.24, 2.45) is 0 Å². The van der Waals surface area contributed by atoms with Crippen LogP contribution in [0.15, 0.2) is 17.7 Å². The van der Waals surface area contributed by atoms with Crippen molar-refractivity contribution < 1.29 is 19.0 Å². The molecule has 0 aromatic heterocycles. The van der Waals surface area contributed by atoms with E-state index in [1.807, 2.05) is 20.8 Å². The quantitative estimate of drug-likeness (QED) is 0.410. The Morgan fingerprint density at radius 1 is 1.00 bits per heavy atom. The maximum atomic E-state index is 12.3. The summed E-state index contributed by atoms with van der Waals surface area (Å²) in [6.07, 6.45) is 1.69. The first-order chi connectivity index (χ1) is 12.1. The first kappa shape index (κ1) is 21.6. The molecular weight excluding hydrogens is 354 g/mol. The normalized spacial score (nSPS) is 11.4. The number of methoxy groups -OCH3 is 3. The van der Waals surface area contributed by atoms with Crippen LogP contribution in [0.1, 0.15) is 33.3 Å². The number of thiocarbonyl (C=S) groups is 1. The molecule has 1 amide bonds. The Hall–Kier alpha value is -2.48. The van der Waals surface area contributed by atoms with Crippen LogP contribution < -0.4 is 30.4 Å². The van der Waals surface area contributed by atoms with Crippen LogP contribution in [0, 0.1) is 0 Å². The number of nitrogens with one attached hydrogen (secondary N) is 3. The second-order valence-electron chi connectivity index (χ2n) is 6.56. The van der Waals surface area contributed by atoms with E-state index in [4.69, 9.17) is 26.4 Å². The maximum absolute atomic E-state index is 12.3. The average molecular weight is 381 g/mol. The zero-order valence-electron chi connectivity index (χ0n) is 16.3. The molecule has 0 saturated carbocycles. The summed E-state index contributed by atoms with van der Waals surface area (Å²) in [6, 6.07) is 3.45. The van der Waals surface area contributed by atoms with E-state index in [2.05, 4.69) is 16.2 Å². The number of hydrogen-bond donors (Lipinski definition) is 3. The molecule has 1 rings (SSSR count). The number of carbonyl (C=O) groups excluding carboxylic acids is 1. The summed E-state index contributed by atoms with van der Waals surface area (Å²) in [7, 11) is 4.64. The predicted octanol–water partition coefficient (Wildman–Crippen LogP) is 2.41. The zero-order valence-corrected chi connectivity index (χ0v) is 17.1. The molecule has 3 N–H and O–H groups in total. The zero-order chi connectivity index (χ0) is 19.9. The number of rotatable bonds is 5. The van der Waals surface area contributed by atoms with Gasteiger partial charge in [0.15, 0.2) is 16.6 Å². The van der Waals surface area contributed by atoms with Crippen LogP contribution in [0.2, 0.25) is 0 Å². The summed E-state index contributed by atoms with van der Waals surface area (Å²) in [5.74, 6) is 1.33. The summed E-state index contributed by atoms with van der Waals surface area (Å²) < 4.78 is 15.9. The van der Waals surface area contributed by atoms with Crippen molar-refractivity contribution in [3.63, 3.8) is 0 Å². The molecule has 0 aliphatic heterocycles. The summed E-state index contributed by atoms with van der Waals surface area (Å²) in [6.45, 7) is 7.60. The smallest absolute Gasteiger partial charge is 0.265 e. The Kier molecular flexibility index (Phi) is 7.70. The van der Waals surface area contributed by atoms with E-state index < -0.39 is 0 Å².